The quantitative estimate of drug-likeness (QED) is 0.820. The molecule has 0 aromatic carbocycles. The van der Waals surface area contributed by atoms with Gasteiger partial charge in [-0.25, -0.2) is 4.79 Å². The van der Waals surface area contributed by atoms with Crippen molar-refractivity contribution in [3.05, 3.63) is 27.7 Å². The maximum atomic E-state index is 12.0. The van der Waals surface area contributed by atoms with Gasteiger partial charge in [-0.15, -0.1) is 24.8 Å². The summed E-state index contributed by atoms with van der Waals surface area (Å²) in [7, 11) is 0. The molecule has 0 unspecified atom stereocenters. The van der Waals surface area contributed by atoms with Crippen LogP contribution in [0.2, 0.25) is 0 Å². The van der Waals surface area contributed by atoms with Crippen molar-refractivity contribution < 1.29 is 27.8 Å². The zero-order valence-electron chi connectivity index (χ0n) is 7.97. The van der Waals surface area contributed by atoms with Gasteiger partial charge in [0, 0.05) is 11.6 Å². The number of aromatic amines is 1. The molecule has 2 N–H and O–H groups in total. The van der Waals surface area contributed by atoms with Crippen molar-refractivity contribution in [2.75, 3.05) is 0 Å². The molecule has 0 radical (unpaired) electrons. The van der Waals surface area contributed by atoms with Crippen LogP contribution in [0.15, 0.2) is 10.9 Å². The number of hydrogen-bond acceptors (Lipinski definition) is 3. The van der Waals surface area contributed by atoms with E-state index in [0.29, 0.717) is 6.07 Å². The molecule has 17 heavy (non-hydrogen) atoms. The summed E-state index contributed by atoms with van der Waals surface area (Å²) in [6.07, 6.45) is -5.04. The van der Waals surface area contributed by atoms with Crippen LogP contribution in [-0.2, 0) is 5.88 Å². The molecule has 1 heterocycles. The Bertz CT molecular complexity index is 497. The Morgan fingerprint density at radius 3 is 2.53 bits per heavy atom. The topological polar surface area (TPSA) is 79.4 Å². The molecule has 0 aliphatic heterocycles. The first-order valence-corrected chi connectivity index (χ1v) is 4.59. The van der Waals surface area contributed by atoms with Gasteiger partial charge in [-0.05, 0) is 0 Å². The normalized spacial score (nSPS) is 11.3. The van der Waals surface area contributed by atoms with Gasteiger partial charge in [0.15, 0.2) is 0 Å². The highest BCUT2D eigenvalue weighted by atomic mass is 35.5. The van der Waals surface area contributed by atoms with Crippen molar-refractivity contribution in [3.63, 3.8) is 0 Å². The molecule has 0 aliphatic rings. The van der Waals surface area contributed by atoms with E-state index < -0.39 is 40.8 Å². The lowest BCUT2D eigenvalue weighted by Crippen LogP contribution is -2.22. The Kier molecular flexibility index (Phi) is 3.66. The number of halogens is 4. The van der Waals surface area contributed by atoms with E-state index in [2.05, 4.69) is 4.74 Å². The van der Waals surface area contributed by atoms with Crippen LogP contribution in [0.4, 0.5) is 13.2 Å². The number of H-pyrrole nitrogens is 1. The summed E-state index contributed by atoms with van der Waals surface area (Å²) >= 11 is 5.33. The van der Waals surface area contributed by atoms with Gasteiger partial charge in [-0.2, -0.15) is 0 Å². The first kappa shape index (κ1) is 13.4. The second-order valence-corrected chi connectivity index (χ2v) is 3.11. The lowest BCUT2D eigenvalue weighted by Gasteiger charge is -2.12. The number of hydrogen-bond donors (Lipinski definition) is 2. The third kappa shape index (κ3) is 3.38. The minimum absolute atomic E-state index is 0.448. The average molecular weight is 272 g/mol. The summed E-state index contributed by atoms with van der Waals surface area (Å²) in [6, 6.07) is 0.484. The van der Waals surface area contributed by atoms with Crippen LogP contribution in [0.1, 0.15) is 16.1 Å². The van der Waals surface area contributed by atoms with Gasteiger partial charge in [-0.3, -0.25) is 4.79 Å². The number of pyridine rings is 1. The fourth-order valence-electron chi connectivity index (χ4n) is 1.10. The molecule has 0 atom stereocenters. The zero-order chi connectivity index (χ0) is 13.2. The Balaban J connectivity index is 3.38. The van der Waals surface area contributed by atoms with E-state index in [0.717, 1.165) is 0 Å². The van der Waals surface area contributed by atoms with Gasteiger partial charge in [0.1, 0.15) is 11.4 Å². The fourth-order valence-corrected chi connectivity index (χ4v) is 1.36. The number of rotatable bonds is 3. The Morgan fingerprint density at radius 1 is 1.53 bits per heavy atom. The van der Waals surface area contributed by atoms with Crippen LogP contribution in [0.5, 0.6) is 5.75 Å². The van der Waals surface area contributed by atoms with Crippen molar-refractivity contribution in [2.24, 2.45) is 0 Å². The van der Waals surface area contributed by atoms with Crippen molar-refractivity contribution in [1.29, 1.82) is 0 Å². The lowest BCUT2D eigenvalue weighted by molar-refractivity contribution is -0.274. The van der Waals surface area contributed by atoms with Gasteiger partial charge in [0.05, 0.1) is 5.88 Å². The molecule has 5 nitrogen and oxygen atoms in total. The maximum absolute atomic E-state index is 12.0. The molecule has 0 saturated carbocycles. The highest BCUT2D eigenvalue weighted by Gasteiger charge is 2.33. The van der Waals surface area contributed by atoms with Crippen LogP contribution in [0, 0.1) is 0 Å². The Morgan fingerprint density at radius 2 is 2.12 bits per heavy atom. The highest BCUT2D eigenvalue weighted by molar-refractivity contribution is 6.17. The molecule has 1 aromatic heterocycles. The predicted octanol–water partition coefficient (Wildman–Crippen LogP) is 1.71. The second-order valence-electron chi connectivity index (χ2n) is 2.84. The van der Waals surface area contributed by atoms with Crippen LogP contribution in [-0.4, -0.2) is 22.4 Å². The third-order valence-corrected chi connectivity index (χ3v) is 1.95. The molecular weight excluding hydrogens is 267 g/mol. The first-order valence-electron chi connectivity index (χ1n) is 4.06. The van der Waals surface area contributed by atoms with E-state index in [1.807, 2.05) is 4.98 Å². The molecule has 9 heteroatoms. The SMILES string of the molecule is O=C(O)c1[nH]c(=O)cc(OC(F)(F)F)c1CCl. The van der Waals surface area contributed by atoms with E-state index in [1.165, 1.54) is 0 Å². The van der Waals surface area contributed by atoms with Gasteiger partial charge >= 0.3 is 12.3 Å². The molecular formula is C8H5ClF3NO4. The van der Waals surface area contributed by atoms with Crippen LogP contribution in [0.25, 0.3) is 0 Å². The van der Waals surface area contributed by atoms with E-state index in [4.69, 9.17) is 16.7 Å². The van der Waals surface area contributed by atoms with E-state index in [-0.39, 0.29) is 0 Å². The number of aromatic nitrogens is 1. The highest BCUT2D eigenvalue weighted by Crippen LogP contribution is 2.27. The summed E-state index contributed by atoms with van der Waals surface area (Å²) in [5.41, 5.74) is -2.21. The molecule has 0 saturated heterocycles. The number of ether oxygens (including phenoxy) is 1. The lowest BCUT2D eigenvalue weighted by atomic mass is 10.2. The maximum Gasteiger partial charge on any atom is 0.573 e. The predicted molar refractivity (Wildman–Crippen MR) is 50.3 cm³/mol. The van der Waals surface area contributed by atoms with Gasteiger partial charge in [0.25, 0.3) is 5.56 Å². The zero-order valence-corrected chi connectivity index (χ0v) is 8.72. The van der Waals surface area contributed by atoms with E-state index >= 15 is 0 Å². The minimum Gasteiger partial charge on any atom is -0.477 e. The first-order chi connectivity index (χ1) is 7.74. The molecule has 1 aromatic rings. The van der Waals surface area contributed by atoms with Crippen LogP contribution in [0.3, 0.4) is 0 Å². The van der Waals surface area contributed by atoms with Crippen LogP contribution >= 0.6 is 11.6 Å². The minimum atomic E-state index is -5.04. The van der Waals surface area contributed by atoms with Gasteiger partial charge in [0.2, 0.25) is 0 Å². The number of carboxylic acids is 1. The summed E-state index contributed by atoms with van der Waals surface area (Å²) in [5.74, 6) is -3.08. The molecule has 0 aliphatic carbocycles. The van der Waals surface area contributed by atoms with E-state index in [1.54, 1.807) is 0 Å². The smallest absolute Gasteiger partial charge is 0.477 e. The van der Waals surface area contributed by atoms with Gasteiger partial charge in [-0.1, -0.05) is 0 Å². The van der Waals surface area contributed by atoms with E-state index in [9.17, 15) is 22.8 Å². The summed E-state index contributed by atoms with van der Waals surface area (Å²) in [5, 5.41) is 8.68. The average Bonchev–Trinajstić information content (AvgIpc) is 2.14. The summed E-state index contributed by atoms with van der Waals surface area (Å²) in [4.78, 5) is 23.5. The number of carbonyl (C=O) groups is 1. The Hall–Kier alpha value is -1.70. The number of carboxylic acid groups (broad SMARTS) is 1. The number of nitrogens with one attached hydrogen (secondary N) is 1. The van der Waals surface area contributed by atoms with Crippen molar-refractivity contribution >= 4 is 17.6 Å². The van der Waals surface area contributed by atoms with Gasteiger partial charge < -0.3 is 14.8 Å². The molecule has 0 amide bonds. The molecule has 0 fully saturated rings. The molecule has 0 spiro atoms. The number of alkyl halides is 4. The molecule has 94 valence electrons. The van der Waals surface area contributed by atoms with Crippen molar-refractivity contribution in [1.82, 2.24) is 4.98 Å². The monoisotopic (exact) mass is 271 g/mol. The largest absolute Gasteiger partial charge is 0.573 e. The fraction of sp³-hybridized carbons (Fsp3) is 0.250. The third-order valence-electron chi connectivity index (χ3n) is 1.68. The summed E-state index contributed by atoms with van der Waals surface area (Å²) < 4.78 is 39.5. The number of aromatic carboxylic acids is 1. The summed E-state index contributed by atoms with van der Waals surface area (Å²) in [6.45, 7) is 0. The van der Waals surface area contributed by atoms with Crippen LogP contribution < -0.4 is 10.3 Å². The molecule has 1 rings (SSSR count). The second kappa shape index (κ2) is 4.66. The molecule has 0 bridgehead atoms. The van der Waals surface area contributed by atoms with Crippen molar-refractivity contribution in [3.8, 4) is 5.75 Å². The van der Waals surface area contributed by atoms with Crippen molar-refractivity contribution in [2.45, 2.75) is 12.2 Å². The standard InChI is InChI=1S/C8H5ClF3NO4/c9-2-3-4(17-8(10,11)12)1-5(14)13-6(3)7(15)16/h1H,2H2,(H,13,14)(H,15,16). The Labute approximate surface area is 96.8 Å².